The average Bonchev–Trinajstić information content (AvgIpc) is 3.05. The van der Waals surface area contributed by atoms with E-state index in [4.69, 9.17) is 27.6 Å². The Morgan fingerprint density at radius 2 is 1.96 bits per heavy atom. The van der Waals surface area contributed by atoms with Crippen molar-refractivity contribution in [3.8, 4) is 0 Å². The van der Waals surface area contributed by atoms with E-state index in [2.05, 4.69) is 5.32 Å². The van der Waals surface area contributed by atoms with E-state index in [-0.39, 0.29) is 22.4 Å². The van der Waals surface area contributed by atoms with E-state index >= 15 is 0 Å². The summed E-state index contributed by atoms with van der Waals surface area (Å²) in [7, 11) is 1.68. The molecule has 5 nitrogen and oxygen atoms in total. The molecule has 2 amide bonds. The van der Waals surface area contributed by atoms with Crippen LogP contribution in [0.4, 0.5) is 0 Å². The van der Waals surface area contributed by atoms with Gasteiger partial charge in [0.25, 0.3) is 5.91 Å². The van der Waals surface area contributed by atoms with Crippen molar-refractivity contribution in [1.29, 1.82) is 0 Å². The minimum absolute atomic E-state index is 0.187. The van der Waals surface area contributed by atoms with Crippen LogP contribution in [0.3, 0.4) is 0 Å². The van der Waals surface area contributed by atoms with Crippen LogP contribution in [0.5, 0.6) is 0 Å². The standard InChI is InChI=1S/C19H22Cl2N2O3/c1-12(2)9-17(19(25)23(3)11-14-5-4-8-26-14)22-18(24)15-7-6-13(20)10-16(15)21/h4-8,10,12,17H,9,11H2,1-3H3,(H,22,24). The molecular weight excluding hydrogens is 375 g/mol. The van der Waals surface area contributed by atoms with Gasteiger partial charge in [0, 0.05) is 12.1 Å². The quantitative estimate of drug-likeness (QED) is 0.754. The summed E-state index contributed by atoms with van der Waals surface area (Å²) in [6.07, 6.45) is 2.07. The van der Waals surface area contributed by atoms with Crippen LogP contribution in [0.15, 0.2) is 41.0 Å². The Kier molecular flexibility index (Phi) is 7.12. The summed E-state index contributed by atoms with van der Waals surface area (Å²) >= 11 is 12.0. The lowest BCUT2D eigenvalue weighted by atomic mass is 10.0. The van der Waals surface area contributed by atoms with Gasteiger partial charge in [0.2, 0.25) is 5.91 Å². The molecule has 0 fully saturated rings. The first-order chi connectivity index (χ1) is 12.3. The first-order valence-corrected chi connectivity index (χ1v) is 9.06. The summed E-state index contributed by atoms with van der Waals surface area (Å²) in [5.41, 5.74) is 0.284. The minimum atomic E-state index is -0.658. The van der Waals surface area contributed by atoms with E-state index in [0.29, 0.717) is 23.7 Å². The van der Waals surface area contributed by atoms with E-state index in [0.717, 1.165) is 0 Å². The van der Waals surface area contributed by atoms with Crippen LogP contribution in [-0.2, 0) is 11.3 Å². The van der Waals surface area contributed by atoms with Crippen LogP contribution in [0.2, 0.25) is 10.0 Å². The number of carbonyl (C=O) groups excluding carboxylic acids is 2. The molecule has 0 bridgehead atoms. The number of hydrogen-bond donors (Lipinski definition) is 1. The highest BCUT2D eigenvalue weighted by Gasteiger charge is 2.26. The number of amides is 2. The highest BCUT2D eigenvalue weighted by Crippen LogP contribution is 2.21. The Morgan fingerprint density at radius 1 is 1.23 bits per heavy atom. The zero-order valence-electron chi connectivity index (χ0n) is 15.0. The third kappa shape index (κ3) is 5.51. The molecule has 7 heteroatoms. The monoisotopic (exact) mass is 396 g/mol. The van der Waals surface area contributed by atoms with Crippen molar-refractivity contribution in [3.63, 3.8) is 0 Å². The molecule has 0 aliphatic rings. The fourth-order valence-corrected chi connectivity index (χ4v) is 3.08. The summed E-state index contributed by atoms with van der Waals surface area (Å²) in [6, 6.07) is 7.54. The van der Waals surface area contributed by atoms with Gasteiger partial charge in [0.05, 0.1) is 23.4 Å². The Morgan fingerprint density at radius 3 is 2.54 bits per heavy atom. The number of halogens is 2. The van der Waals surface area contributed by atoms with E-state index < -0.39 is 11.9 Å². The van der Waals surface area contributed by atoms with Crippen molar-refractivity contribution in [2.24, 2.45) is 5.92 Å². The Bertz CT molecular complexity index is 760. The molecule has 0 radical (unpaired) electrons. The number of carbonyl (C=O) groups is 2. The molecule has 26 heavy (non-hydrogen) atoms. The van der Waals surface area contributed by atoms with E-state index in [1.165, 1.54) is 11.0 Å². The van der Waals surface area contributed by atoms with Crippen molar-refractivity contribution in [2.45, 2.75) is 32.9 Å². The van der Waals surface area contributed by atoms with E-state index in [1.54, 1.807) is 37.6 Å². The number of furan rings is 1. The molecule has 0 aliphatic heterocycles. The Balaban J connectivity index is 2.12. The number of nitrogens with zero attached hydrogens (tertiary/aromatic N) is 1. The fraction of sp³-hybridized carbons (Fsp3) is 0.368. The van der Waals surface area contributed by atoms with Crippen molar-refractivity contribution >= 4 is 35.0 Å². The summed E-state index contributed by atoms with van der Waals surface area (Å²) < 4.78 is 5.28. The molecule has 1 atom stereocenters. The van der Waals surface area contributed by atoms with Gasteiger partial charge in [-0.05, 0) is 42.7 Å². The van der Waals surface area contributed by atoms with E-state index in [1.807, 2.05) is 13.8 Å². The Hall–Kier alpha value is -1.98. The maximum atomic E-state index is 12.8. The number of benzene rings is 1. The van der Waals surface area contributed by atoms with Gasteiger partial charge >= 0.3 is 0 Å². The van der Waals surface area contributed by atoms with Crippen molar-refractivity contribution < 1.29 is 14.0 Å². The lowest BCUT2D eigenvalue weighted by Crippen LogP contribution is -2.47. The van der Waals surface area contributed by atoms with Gasteiger partial charge in [-0.3, -0.25) is 9.59 Å². The molecule has 1 aromatic carbocycles. The van der Waals surface area contributed by atoms with Gasteiger partial charge in [0.15, 0.2) is 0 Å². The largest absolute Gasteiger partial charge is 0.467 e. The third-order valence-electron chi connectivity index (χ3n) is 3.84. The average molecular weight is 397 g/mol. The molecule has 1 unspecified atom stereocenters. The lowest BCUT2D eigenvalue weighted by molar-refractivity contribution is -0.133. The molecule has 0 saturated carbocycles. The molecule has 1 heterocycles. The summed E-state index contributed by atoms with van der Waals surface area (Å²) in [5, 5.41) is 3.49. The predicted molar refractivity (Wildman–Crippen MR) is 102 cm³/mol. The van der Waals surface area contributed by atoms with Crippen LogP contribution in [-0.4, -0.2) is 29.8 Å². The normalized spacial score (nSPS) is 12.1. The van der Waals surface area contributed by atoms with Crippen LogP contribution >= 0.6 is 23.2 Å². The van der Waals surface area contributed by atoms with Gasteiger partial charge in [0.1, 0.15) is 11.8 Å². The van der Waals surface area contributed by atoms with Gasteiger partial charge in [-0.15, -0.1) is 0 Å². The number of hydrogen-bond acceptors (Lipinski definition) is 3. The smallest absolute Gasteiger partial charge is 0.253 e. The lowest BCUT2D eigenvalue weighted by Gasteiger charge is -2.25. The fourth-order valence-electron chi connectivity index (χ4n) is 2.58. The van der Waals surface area contributed by atoms with Gasteiger partial charge in [-0.2, -0.15) is 0 Å². The molecule has 0 aliphatic carbocycles. The van der Waals surface area contributed by atoms with E-state index in [9.17, 15) is 9.59 Å². The highest BCUT2D eigenvalue weighted by molar-refractivity contribution is 6.36. The van der Waals surface area contributed by atoms with Gasteiger partial charge in [-0.25, -0.2) is 0 Å². The number of likely N-dealkylation sites (N-methyl/N-ethyl adjacent to an activating group) is 1. The topological polar surface area (TPSA) is 62.6 Å². The first kappa shape index (κ1) is 20.3. The van der Waals surface area contributed by atoms with Crippen molar-refractivity contribution in [1.82, 2.24) is 10.2 Å². The number of rotatable bonds is 7. The van der Waals surface area contributed by atoms with Crippen LogP contribution in [0.1, 0.15) is 36.4 Å². The maximum Gasteiger partial charge on any atom is 0.253 e. The van der Waals surface area contributed by atoms with Crippen LogP contribution in [0, 0.1) is 5.92 Å². The predicted octanol–water partition coefficient (Wildman–Crippen LogP) is 4.39. The SMILES string of the molecule is CC(C)CC(NC(=O)c1ccc(Cl)cc1Cl)C(=O)N(C)Cc1ccco1. The van der Waals surface area contributed by atoms with Crippen LogP contribution < -0.4 is 5.32 Å². The Labute approximate surface area is 163 Å². The van der Waals surface area contributed by atoms with Crippen LogP contribution in [0.25, 0.3) is 0 Å². The second kappa shape index (κ2) is 9.10. The summed E-state index contributed by atoms with van der Waals surface area (Å²) in [5.74, 6) is 0.309. The molecule has 140 valence electrons. The first-order valence-electron chi connectivity index (χ1n) is 8.31. The molecule has 0 spiro atoms. The molecule has 1 aromatic heterocycles. The summed E-state index contributed by atoms with van der Waals surface area (Å²) in [4.78, 5) is 26.9. The molecular formula is C19H22Cl2N2O3. The second-order valence-electron chi connectivity index (χ2n) is 6.55. The minimum Gasteiger partial charge on any atom is -0.467 e. The zero-order chi connectivity index (χ0) is 19.3. The van der Waals surface area contributed by atoms with Gasteiger partial charge < -0.3 is 14.6 Å². The molecule has 2 aromatic rings. The highest BCUT2D eigenvalue weighted by atomic mass is 35.5. The van der Waals surface area contributed by atoms with Crippen molar-refractivity contribution in [3.05, 3.63) is 58.0 Å². The molecule has 2 rings (SSSR count). The zero-order valence-corrected chi connectivity index (χ0v) is 16.5. The van der Waals surface area contributed by atoms with Crippen molar-refractivity contribution in [2.75, 3.05) is 7.05 Å². The molecule has 1 N–H and O–H groups in total. The summed E-state index contributed by atoms with van der Waals surface area (Å²) in [6.45, 7) is 4.32. The van der Waals surface area contributed by atoms with Gasteiger partial charge in [-0.1, -0.05) is 37.0 Å². The molecule has 0 saturated heterocycles. The number of nitrogens with one attached hydrogen (secondary N) is 1. The second-order valence-corrected chi connectivity index (χ2v) is 7.40. The maximum absolute atomic E-state index is 12.8. The third-order valence-corrected chi connectivity index (χ3v) is 4.38.